The Hall–Kier alpha value is -1.36. The van der Waals surface area contributed by atoms with Gasteiger partial charge in [0.05, 0.1) is 12.8 Å². The van der Waals surface area contributed by atoms with Gasteiger partial charge >= 0.3 is 0 Å². The summed E-state index contributed by atoms with van der Waals surface area (Å²) in [5.41, 5.74) is 0.915. The van der Waals surface area contributed by atoms with Crippen LogP contribution < -0.4 is 0 Å². The molecule has 0 spiro atoms. The van der Waals surface area contributed by atoms with Crippen molar-refractivity contribution >= 4 is 30.2 Å². The van der Waals surface area contributed by atoms with E-state index in [1.54, 1.807) is 18.0 Å². The molecular weight excluding hydrogens is 236 g/mol. The lowest BCUT2D eigenvalue weighted by Crippen LogP contribution is -2.00. The van der Waals surface area contributed by atoms with Gasteiger partial charge in [0.2, 0.25) is 0 Å². The second-order valence-electron chi connectivity index (χ2n) is 3.02. The number of hydrogen-bond acceptors (Lipinski definition) is 5. The Balaban J connectivity index is 4.39. The number of hydrogen-bond donors (Lipinski definition) is 0. The van der Waals surface area contributed by atoms with Crippen molar-refractivity contribution < 1.29 is 9.53 Å². The van der Waals surface area contributed by atoms with Gasteiger partial charge in [0.25, 0.3) is 0 Å². The van der Waals surface area contributed by atoms with Gasteiger partial charge in [-0.15, -0.1) is 11.8 Å². The summed E-state index contributed by atoms with van der Waals surface area (Å²) >= 11 is 1.60. The van der Waals surface area contributed by atoms with E-state index in [9.17, 15) is 4.79 Å². The predicted octanol–water partition coefficient (Wildman–Crippen LogP) is 2.47. The Morgan fingerprint density at radius 3 is 2.82 bits per heavy atom. The Bertz CT molecular complexity index is 333. The molecular formula is C12H18N2O2S. The minimum Gasteiger partial charge on any atom is -0.470 e. The van der Waals surface area contributed by atoms with Gasteiger partial charge in [-0.2, -0.15) is 0 Å². The highest BCUT2D eigenvalue weighted by Gasteiger charge is 1.93. The first kappa shape index (κ1) is 15.6. The van der Waals surface area contributed by atoms with E-state index >= 15 is 0 Å². The van der Waals surface area contributed by atoms with Crippen LogP contribution in [-0.2, 0) is 9.53 Å². The number of aldehydes is 1. The highest BCUT2D eigenvalue weighted by Crippen LogP contribution is 2.00. The molecule has 0 aliphatic carbocycles. The largest absolute Gasteiger partial charge is 0.470 e. The summed E-state index contributed by atoms with van der Waals surface area (Å²) < 4.78 is 5.31. The second-order valence-corrected chi connectivity index (χ2v) is 3.84. The first-order valence-electron chi connectivity index (χ1n) is 5.16. The summed E-state index contributed by atoms with van der Waals surface area (Å²) in [4.78, 5) is 18.2. The number of rotatable bonds is 7. The van der Waals surface area contributed by atoms with Crippen LogP contribution in [0.3, 0.4) is 0 Å². The maximum absolute atomic E-state index is 10.1. The maximum Gasteiger partial charge on any atom is 0.181 e. The molecule has 0 aliphatic heterocycles. The number of carbonyl (C=O) groups excluding carboxylic acids is 1. The minimum absolute atomic E-state index is 0.487. The molecule has 0 aliphatic rings. The fourth-order valence-corrected chi connectivity index (χ4v) is 1.21. The molecule has 0 rings (SSSR count). The van der Waals surface area contributed by atoms with E-state index in [0.29, 0.717) is 24.7 Å². The van der Waals surface area contributed by atoms with E-state index in [0.717, 1.165) is 5.57 Å². The number of aliphatic imine (C=N–C) groups is 2. The molecule has 0 bridgehead atoms. The quantitative estimate of drug-likeness (QED) is 0.230. The lowest BCUT2D eigenvalue weighted by molar-refractivity contribution is -0.102. The molecule has 0 saturated carbocycles. The van der Waals surface area contributed by atoms with Gasteiger partial charge < -0.3 is 4.74 Å². The van der Waals surface area contributed by atoms with Crippen LogP contribution in [0.1, 0.15) is 13.8 Å². The molecule has 0 unspecified atom stereocenters. The van der Waals surface area contributed by atoms with E-state index in [-0.39, 0.29) is 0 Å². The summed E-state index contributed by atoms with van der Waals surface area (Å²) in [5, 5.41) is 0. The van der Waals surface area contributed by atoms with Crippen LogP contribution in [0.15, 0.2) is 33.9 Å². The van der Waals surface area contributed by atoms with Crippen LogP contribution in [0, 0.1) is 0 Å². The van der Waals surface area contributed by atoms with Gasteiger partial charge in [-0.05, 0) is 18.8 Å². The van der Waals surface area contributed by atoms with Crippen molar-refractivity contribution in [3.8, 4) is 0 Å². The topological polar surface area (TPSA) is 51.0 Å². The van der Waals surface area contributed by atoms with Gasteiger partial charge in [-0.1, -0.05) is 12.2 Å². The SMILES string of the molecule is C/C=C\C(=C/N=CC=O)CN=C(C)OCSC. The minimum atomic E-state index is 0.487. The number of carbonyl (C=O) groups is 1. The van der Waals surface area contributed by atoms with Crippen LogP contribution in [0.2, 0.25) is 0 Å². The number of allylic oxidation sites excluding steroid dienone is 1. The van der Waals surface area contributed by atoms with Gasteiger partial charge in [0.1, 0.15) is 5.94 Å². The summed E-state index contributed by atoms with van der Waals surface area (Å²) in [5.74, 6) is 1.25. The summed E-state index contributed by atoms with van der Waals surface area (Å²) in [7, 11) is 0. The van der Waals surface area contributed by atoms with Crippen molar-refractivity contribution in [2.45, 2.75) is 13.8 Å². The van der Waals surface area contributed by atoms with Gasteiger partial charge in [0.15, 0.2) is 12.2 Å². The molecule has 0 aromatic rings. The van der Waals surface area contributed by atoms with Gasteiger partial charge in [-0.3, -0.25) is 14.8 Å². The molecule has 4 nitrogen and oxygen atoms in total. The van der Waals surface area contributed by atoms with Crippen molar-refractivity contribution in [1.29, 1.82) is 0 Å². The first-order chi connectivity index (χ1) is 8.24. The second kappa shape index (κ2) is 11.1. The fourth-order valence-electron chi connectivity index (χ4n) is 0.917. The third kappa shape index (κ3) is 9.56. The normalized spacial score (nSPS) is 13.6. The molecule has 94 valence electrons. The molecule has 17 heavy (non-hydrogen) atoms. The van der Waals surface area contributed by atoms with E-state index in [2.05, 4.69) is 9.98 Å². The van der Waals surface area contributed by atoms with Crippen molar-refractivity contribution in [1.82, 2.24) is 0 Å². The van der Waals surface area contributed by atoms with Crippen molar-refractivity contribution in [2.75, 3.05) is 18.7 Å². The molecule has 0 saturated heterocycles. The highest BCUT2D eigenvalue weighted by atomic mass is 32.2. The molecule has 0 atom stereocenters. The Labute approximate surface area is 107 Å². The Kier molecular flexibility index (Phi) is 10.2. The summed E-state index contributed by atoms with van der Waals surface area (Å²) in [6.45, 7) is 4.22. The molecule has 5 heteroatoms. The lowest BCUT2D eigenvalue weighted by atomic mass is 10.2. The standard InChI is InChI=1S/C12H18N2O2S/c1-4-5-12(8-13-6-7-15)9-14-11(2)16-10-17-3/h4-8H,9-10H2,1-3H3/b5-4-,12-8+,13-6?,14-11?. The van der Waals surface area contributed by atoms with Crippen LogP contribution in [-0.4, -0.2) is 37.1 Å². The zero-order valence-corrected chi connectivity index (χ0v) is 11.2. The van der Waals surface area contributed by atoms with E-state index in [1.165, 1.54) is 6.21 Å². The van der Waals surface area contributed by atoms with Gasteiger partial charge in [-0.25, -0.2) is 0 Å². The number of ether oxygens (including phenoxy) is 1. The number of thioether (sulfide) groups is 1. The van der Waals surface area contributed by atoms with E-state index < -0.39 is 0 Å². The lowest BCUT2D eigenvalue weighted by Gasteiger charge is -2.03. The Morgan fingerprint density at radius 1 is 1.47 bits per heavy atom. The number of nitrogens with zero attached hydrogens (tertiary/aromatic N) is 2. The molecule has 0 N–H and O–H groups in total. The molecule has 0 heterocycles. The summed E-state index contributed by atoms with van der Waals surface area (Å²) in [6, 6.07) is 0. The molecule has 0 aromatic carbocycles. The fraction of sp³-hybridized carbons (Fsp3) is 0.417. The first-order valence-corrected chi connectivity index (χ1v) is 6.55. The summed E-state index contributed by atoms with van der Waals surface area (Å²) in [6.07, 6.45) is 9.21. The third-order valence-electron chi connectivity index (χ3n) is 1.64. The smallest absolute Gasteiger partial charge is 0.181 e. The van der Waals surface area contributed by atoms with Crippen LogP contribution in [0.5, 0.6) is 0 Å². The maximum atomic E-state index is 10.1. The van der Waals surface area contributed by atoms with Crippen LogP contribution in [0.4, 0.5) is 0 Å². The van der Waals surface area contributed by atoms with E-state index in [1.807, 2.05) is 32.3 Å². The van der Waals surface area contributed by atoms with Crippen LogP contribution >= 0.6 is 11.8 Å². The monoisotopic (exact) mass is 254 g/mol. The average molecular weight is 254 g/mol. The van der Waals surface area contributed by atoms with Gasteiger partial charge in [0, 0.05) is 13.1 Å². The Morgan fingerprint density at radius 2 is 2.24 bits per heavy atom. The zero-order chi connectivity index (χ0) is 12.9. The predicted molar refractivity (Wildman–Crippen MR) is 74.9 cm³/mol. The van der Waals surface area contributed by atoms with E-state index in [4.69, 9.17) is 4.74 Å². The molecule has 0 amide bonds. The zero-order valence-electron chi connectivity index (χ0n) is 10.4. The molecule has 0 aromatic heterocycles. The van der Waals surface area contributed by atoms with Crippen molar-refractivity contribution in [2.24, 2.45) is 9.98 Å². The molecule has 0 fully saturated rings. The van der Waals surface area contributed by atoms with Crippen molar-refractivity contribution in [3.05, 3.63) is 23.9 Å². The van der Waals surface area contributed by atoms with Crippen LogP contribution in [0.25, 0.3) is 0 Å². The highest BCUT2D eigenvalue weighted by molar-refractivity contribution is 7.98. The third-order valence-corrected chi connectivity index (χ3v) is 1.99. The molecule has 0 radical (unpaired) electrons. The van der Waals surface area contributed by atoms with Crippen molar-refractivity contribution in [3.63, 3.8) is 0 Å². The average Bonchev–Trinajstić information content (AvgIpc) is 2.33.